The molecule has 14 heavy (non-hydrogen) atoms. The summed E-state index contributed by atoms with van der Waals surface area (Å²) in [6.07, 6.45) is 3.62. The van der Waals surface area contributed by atoms with E-state index in [-0.39, 0.29) is 5.41 Å². The molecular formula is C11H19N3. The van der Waals surface area contributed by atoms with Gasteiger partial charge < -0.3 is 11.1 Å². The number of pyridine rings is 1. The van der Waals surface area contributed by atoms with Gasteiger partial charge in [-0.3, -0.25) is 4.98 Å². The summed E-state index contributed by atoms with van der Waals surface area (Å²) in [7, 11) is 0. The fourth-order valence-electron chi connectivity index (χ4n) is 1.12. The van der Waals surface area contributed by atoms with Gasteiger partial charge in [0.2, 0.25) is 0 Å². The van der Waals surface area contributed by atoms with Gasteiger partial charge in [0, 0.05) is 25.5 Å². The molecule has 3 nitrogen and oxygen atoms in total. The molecule has 0 unspecified atom stereocenters. The smallest absolute Gasteiger partial charge is 0.0271 e. The van der Waals surface area contributed by atoms with Crippen molar-refractivity contribution in [2.75, 3.05) is 13.1 Å². The first-order valence-electron chi connectivity index (χ1n) is 4.94. The number of aromatic nitrogens is 1. The van der Waals surface area contributed by atoms with Crippen LogP contribution in [0.5, 0.6) is 0 Å². The van der Waals surface area contributed by atoms with E-state index in [1.165, 1.54) is 5.56 Å². The molecule has 1 aromatic rings. The Labute approximate surface area is 85.7 Å². The maximum atomic E-state index is 5.64. The fraction of sp³-hybridized carbons (Fsp3) is 0.545. The molecule has 1 heterocycles. The Hall–Kier alpha value is -0.930. The van der Waals surface area contributed by atoms with Crippen LogP contribution in [0.25, 0.3) is 0 Å². The topological polar surface area (TPSA) is 50.9 Å². The van der Waals surface area contributed by atoms with Crippen LogP contribution in [-0.2, 0) is 6.54 Å². The molecule has 0 bridgehead atoms. The molecule has 0 radical (unpaired) electrons. The Morgan fingerprint density at radius 2 is 2.00 bits per heavy atom. The molecule has 1 rings (SSSR count). The van der Waals surface area contributed by atoms with Gasteiger partial charge in [0.05, 0.1) is 0 Å². The molecule has 78 valence electrons. The predicted octanol–water partition coefficient (Wildman–Crippen LogP) is 1.16. The lowest BCUT2D eigenvalue weighted by Crippen LogP contribution is -2.35. The molecule has 0 aliphatic rings. The van der Waals surface area contributed by atoms with Gasteiger partial charge in [-0.05, 0) is 29.7 Å². The Balaban J connectivity index is 2.29. The molecule has 0 spiro atoms. The van der Waals surface area contributed by atoms with Crippen molar-refractivity contribution in [2.24, 2.45) is 11.1 Å². The summed E-state index contributed by atoms with van der Waals surface area (Å²) in [4.78, 5) is 3.97. The van der Waals surface area contributed by atoms with E-state index in [4.69, 9.17) is 5.73 Å². The molecule has 0 saturated heterocycles. The summed E-state index contributed by atoms with van der Waals surface area (Å²) in [6.45, 7) is 6.84. The van der Waals surface area contributed by atoms with Gasteiger partial charge in [0.1, 0.15) is 0 Å². The fourth-order valence-corrected chi connectivity index (χ4v) is 1.12. The second kappa shape index (κ2) is 5.08. The zero-order valence-corrected chi connectivity index (χ0v) is 8.96. The standard InChI is InChI=1S/C11H19N3/c1-11(2,8-12)9-14-7-10-3-5-13-6-4-10/h3-6,14H,7-9,12H2,1-2H3. The highest BCUT2D eigenvalue weighted by molar-refractivity contribution is 5.09. The van der Waals surface area contributed by atoms with Crippen molar-refractivity contribution in [1.82, 2.24) is 10.3 Å². The molecule has 0 aromatic carbocycles. The first-order valence-corrected chi connectivity index (χ1v) is 4.94. The average Bonchev–Trinajstić information content (AvgIpc) is 2.19. The van der Waals surface area contributed by atoms with Gasteiger partial charge in [-0.2, -0.15) is 0 Å². The number of nitrogens with one attached hydrogen (secondary N) is 1. The van der Waals surface area contributed by atoms with Gasteiger partial charge in [-0.25, -0.2) is 0 Å². The van der Waals surface area contributed by atoms with Gasteiger partial charge in [-0.15, -0.1) is 0 Å². The highest BCUT2D eigenvalue weighted by Crippen LogP contribution is 2.10. The Morgan fingerprint density at radius 3 is 2.57 bits per heavy atom. The summed E-state index contributed by atoms with van der Waals surface area (Å²) < 4.78 is 0. The summed E-state index contributed by atoms with van der Waals surface area (Å²) in [5.74, 6) is 0. The van der Waals surface area contributed by atoms with Gasteiger partial charge in [0.15, 0.2) is 0 Å². The molecule has 3 N–H and O–H groups in total. The van der Waals surface area contributed by atoms with Crippen molar-refractivity contribution in [3.8, 4) is 0 Å². The third kappa shape index (κ3) is 3.85. The Bertz CT molecular complexity index is 256. The summed E-state index contributed by atoms with van der Waals surface area (Å²) in [5.41, 5.74) is 7.07. The SMILES string of the molecule is CC(C)(CN)CNCc1ccncc1. The van der Waals surface area contributed by atoms with E-state index >= 15 is 0 Å². The third-order valence-corrected chi connectivity index (χ3v) is 2.23. The van der Waals surface area contributed by atoms with E-state index in [0.717, 1.165) is 13.1 Å². The summed E-state index contributed by atoms with van der Waals surface area (Å²) >= 11 is 0. The van der Waals surface area contributed by atoms with Crippen LogP contribution < -0.4 is 11.1 Å². The zero-order valence-electron chi connectivity index (χ0n) is 8.96. The minimum atomic E-state index is 0.174. The lowest BCUT2D eigenvalue weighted by atomic mass is 9.94. The number of hydrogen-bond donors (Lipinski definition) is 2. The molecule has 3 heteroatoms. The largest absolute Gasteiger partial charge is 0.330 e. The van der Waals surface area contributed by atoms with Crippen LogP contribution in [0.4, 0.5) is 0 Å². The van der Waals surface area contributed by atoms with Crippen molar-refractivity contribution in [1.29, 1.82) is 0 Å². The van der Waals surface area contributed by atoms with E-state index < -0.39 is 0 Å². The van der Waals surface area contributed by atoms with Crippen LogP contribution in [-0.4, -0.2) is 18.1 Å². The van der Waals surface area contributed by atoms with Crippen LogP contribution >= 0.6 is 0 Å². The molecule has 0 fully saturated rings. The van der Waals surface area contributed by atoms with Crippen molar-refractivity contribution >= 4 is 0 Å². The highest BCUT2D eigenvalue weighted by Gasteiger charge is 2.13. The van der Waals surface area contributed by atoms with E-state index in [1.807, 2.05) is 24.5 Å². The Kier molecular flexibility index (Phi) is 4.04. The minimum Gasteiger partial charge on any atom is -0.330 e. The number of hydrogen-bond acceptors (Lipinski definition) is 3. The normalized spacial score (nSPS) is 11.6. The molecule has 1 aromatic heterocycles. The molecule has 0 atom stereocenters. The molecule has 0 aliphatic carbocycles. The number of nitrogens with two attached hydrogens (primary N) is 1. The summed E-state index contributed by atoms with van der Waals surface area (Å²) in [6, 6.07) is 4.03. The van der Waals surface area contributed by atoms with Crippen molar-refractivity contribution in [2.45, 2.75) is 20.4 Å². The molecule has 0 amide bonds. The van der Waals surface area contributed by atoms with E-state index in [9.17, 15) is 0 Å². The highest BCUT2D eigenvalue weighted by atomic mass is 14.9. The number of nitrogens with zero attached hydrogens (tertiary/aromatic N) is 1. The van der Waals surface area contributed by atoms with E-state index in [0.29, 0.717) is 6.54 Å². The van der Waals surface area contributed by atoms with Gasteiger partial charge >= 0.3 is 0 Å². The van der Waals surface area contributed by atoms with Crippen molar-refractivity contribution in [3.63, 3.8) is 0 Å². The first kappa shape index (κ1) is 11.1. The van der Waals surface area contributed by atoms with Crippen LogP contribution in [0, 0.1) is 5.41 Å². The minimum absolute atomic E-state index is 0.174. The lowest BCUT2D eigenvalue weighted by molar-refractivity contribution is 0.351. The van der Waals surface area contributed by atoms with Crippen LogP contribution in [0.15, 0.2) is 24.5 Å². The van der Waals surface area contributed by atoms with Crippen LogP contribution in [0.1, 0.15) is 19.4 Å². The second-order valence-electron chi connectivity index (χ2n) is 4.33. The average molecular weight is 193 g/mol. The molecule has 0 saturated carbocycles. The quantitative estimate of drug-likeness (QED) is 0.737. The van der Waals surface area contributed by atoms with Gasteiger partial charge in [-0.1, -0.05) is 13.8 Å². The summed E-state index contributed by atoms with van der Waals surface area (Å²) in [5, 5.41) is 3.39. The molecule has 0 aliphatic heterocycles. The monoisotopic (exact) mass is 193 g/mol. The van der Waals surface area contributed by atoms with Gasteiger partial charge in [0.25, 0.3) is 0 Å². The maximum absolute atomic E-state index is 5.64. The van der Waals surface area contributed by atoms with Crippen molar-refractivity contribution < 1.29 is 0 Å². The van der Waals surface area contributed by atoms with Crippen LogP contribution in [0.3, 0.4) is 0 Å². The number of rotatable bonds is 5. The van der Waals surface area contributed by atoms with Crippen LogP contribution in [0.2, 0.25) is 0 Å². The van der Waals surface area contributed by atoms with Crippen molar-refractivity contribution in [3.05, 3.63) is 30.1 Å². The lowest BCUT2D eigenvalue weighted by Gasteiger charge is -2.22. The molecular weight excluding hydrogens is 174 g/mol. The maximum Gasteiger partial charge on any atom is 0.0271 e. The first-order chi connectivity index (χ1) is 6.64. The van der Waals surface area contributed by atoms with E-state index in [2.05, 4.69) is 24.1 Å². The van der Waals surface area contributed by atoms with E-state index in [1.54, 1.807) is 0 Å². The predicted molar refractivity (Wildman–Crippen MR) is 58.8 cm³/mol. The second-order valence-corrected chi connectivity index (χ2v) is 4.33. The zero-order chi connectivity index (χ0) is 10.4. The third-order valence-electron chi connectivity index (χ3n) is 2.23. The Morgan fingerprint density at radius 1 is 1.36 bits per heavy atom.